The number of hydrogen-bond donors (Lipinski definition) is 1. The molecular formula is C20H23F2NO4. The predicted molar refractivity (Wildman–Crippen MR) is 97.6 cm³/mol. The molecule has 0 saturated heterocycles. The highest BCUT2D eigenvalue weighted by Gasteiger charge is 2.12. The first-order chi connectivity index (χ1) is 12.9. The van der Waals surface area contributed by atoms with Gasteiger partial charge in [0.05, 0.1) is 13.7 Å². The average Bonchev–Trinajstić information content (AvgIpc) is 2.65. The van der Waals surface area contributed by atoms with Gasteiger partial charge in [-0.15, -0.1) is 0 Å². The van der Waals surface area contributed by atoms with Crippen molar-refractivity contribution in [1.82, 2.24) is 5.32 Å². The van der Waals surface area contributed by atoms with E-state index in [4.69, 9.17) is 9.47 Å². The number of methoxy groups -OCH3 is 1. The number of alkyl halides is 2. The highest BCUT2D eigenvalue weighted by atomic mass is 19.3. The zero-order chi connectivity index (χ0) is 19.8. The van der Waals surface area contributed by atoms with E-state index < -0.39 is 6.61 Å². The molecule has 2 rings (SSSR count). The number of carbonyl (C=O) groups excluding carboxylic acids is 1. The van der Waals surface area contributed by atoms with Crippen LogP contribution in [0.2, 0.25) is 0 Å². The van der Waals surface area contributed by atoms with Crippen molar-refractivity contribution in [1.29, 1.82) is 0 Å². The Bertz CT molecular complexity index is 765. The summed E-state index contributed by atoms with van der Waals surface area (Å²) in [5.74, 6) is 0.863. The third kappa shape index (κ3) is 6.44. The minimum atomic E-state index is -2.94. The van der Waals surface area contributed by atoms with Crippen molar-refractivity contribution in [3.05, 3.63) is 53.6 Å². The molecule has 0 aromatic heterocycles. The topological polar surface area (TPSA) is 56.8 Å². The molecule has 1 amide bonds. The monoisotopic (exact) mass is 379 g/mol. The summed E-state index contributed by atoms with van der Waals surface area (Å²) >= 11 is 0. The molecule has 0 radical (unpaired) electrons. The van der Waals surface area contributed by atoms with Gasteiger partial charge in [-0.25, -0.2) is 0 Å². The molecule has 0 aliphatic heterocycles. The van der Waals surface area contributed by atoms with Gasteiger partial charge in [0.2, 0.25) is 0 Å². The minimum Gasteiger partial charge on any atom is -0.493 e. The van der Waals surface area contributed by atoms with E-state index in [1.165, 1.54) is 13.2 Å². The van der Waals surface area contributed by atoms with Gasteiger partial charge in [-0.3, -0.25) is 4.79 Å². The third-order valence-electron chi connectivity index (χ3n) is 3.58. The van der Waals surface area contributed by atoms with Crippen molar-refractivity contribution in [2.24, 2.45) is 5.92 Å². The molecule has 0 aliphatic rings. The maximum Gasteiger partial charge on any atom is 0.387 e. The van der Waals surface area contributed by atoms with Crippen molar-refractivity contribution in [2.45, 2.75) is 27.0 Å². The first-order valence-corrected chi connectivity index (χ1v) is 8.52. The molecule has 0 bridgehead atoms. The Morgan fingerprint density at radius 2 is 1.89 bits per heavy atom. The van der Waals surface area contributed by atoms with Gasteiger partial charge >= 0.3 is 6.61 Å². The summed E-state index contributed by atoms with van der Waals surface area (Å²) in [5.41, 5.74) is 1.16. The van der Waals surface area contributed by atoms with E-state index in [1.807, 2.05) is 13.8 Å². The molecule has 7 heteroatoms. The summed E-state index contributed by atoms with van der Waals surface area (Å²) in [6, 6.07) is 11.4. The van der Waals surface area contributed by atoms with E-state index in [9.17, 15) is 13.6 Å². The van der Waals surface area contributed by atoms with Crippen LogP contribution in [0, 0.1) is 5.92 Å². The zero-order valence-electron chi connectivity index (χ0n) is 15.5. The first-order valence-electron chi connectivity index (χ1n) is 8.52. The third-order valence-corrected chi connectivity index (χ3v) is 3.58. The van der Waals surface area contributed by atoms with Crippen molar-refractivity contribution in [3.63, 3.8) is 0 Å². The number of amides is 1. The normalized spacial score (nSPS) is 10.8. The number of ether oxygens (including phenoxy) is 3. The Labute approximate surface area is 157 Å². The van der Waals surface area contributed by atoms with E-state index in [-0.39, 0.29) is 24.0 Å². The van der Waals surface area contributed by atoms with Crippen molar-refractivity contribution >= 4 is 5.91 Å². The molecule has 0 spiro atoms. The second-order valence-corrected chi connectivity index (χ2v) is 6.28. The average molecular weight is 379 g/mol. The molecule has 0 aliphatic carbocycles. The lowest BCUT2D eigenvalue weighted by Gasteiger charge is -2.12. The van der Waals surface area contributed by atoms with Crippen LogP contribution in [0.15, 0.2) is 42.5 Å². The van der Waals surface area contributed by atoms with E-state index >= 15 is 0 Å². The van der Waals surface area contributed by atoms with Crippen LogP contribution in [0.5, 0.6) is 17.2 Å². The molecule has 0 atom stereocenters. The Morgan fingerprint density at radius 3 is 2.56 bits per heavy atom. The lowest BCUT2D eigenvalue weighted by atomic mass is 10.1. The Morgan fingerprint density at radius 1 is 1.11 bits per heavy atom. The molecule has 0 heterocycles. The summed E-state index contributed by atoms with van der Waals surface area (Å²) in [6.07, 6.45) is 0. The van der Waals surface area contributed by atoms with Crippen LogP contribution in [-0.4, -0.2) is 26.2 Å². The number of halogens is 2. The van der Waals surface area contributed by atoms with Gasteiger partial charge in [0.1, 0.15) is 5.75 Å². The second kappa shape index (κ2) is 9.75. The SMILES string of the molecule is COc1cc(CNC(=O)c2cccc(OCC(C)C)c2)ccc1OC(F)F. The van der Waals surface area contributed by atoms with E-state index in [1.54, 1.807) is 36.4 Å². The summed E-state index contributed by atoms with van der Waals surface area (Å²) in [7, 11) is 1.36. The largest absolute Gasteiger partial charge is 0.493 e. The van der Waals surface area contributed by atoms with Gasteiger partial charge in [0.25, 0.3) is 5.91 Å². The molecule has 27 heavy (non-hydrogen) atoms. The molecule has 146 valence electrons. The van der Waals surface area contributed by atoms with Crippen LogP contribution < -0.4 is 19.5 Å². The van der Waals surface area contributed by atoms with Gasteiger partial charge in [-0.2, -0.15) is 8.78 Å². The van der Waals surface area contributed by atoms with Crippen molar-refractivity contribution < 1.29 is 27.8 Å². The summed E-state index contributed by atoms with van der Waals surface area (Å²) in [4.78, 5) is 12.4. The number of hydrogen-bond acceptors (Lipinski definition) is 4. The molecule has 0 saturated carbocycles. The number of rotatable bonds is 9. The lowest BCUT2D eigenvalue weighted by Crippen LogP contribution is -2.22. The maximum atomic E-state index is 12.4. The van der Waals surface area contributed by atoms with Gasteiger partial charge in [-0.05, 0) is 41.8 Å². The quantitative estimate of drug-likeness (QED) is 0.707. The lowest BCUT2D eigenvalue weighted by molar-refractivity contribution is -0.0512. The Kier molecular flexibility index (Phi) is 7.40. The van der Waals surface area contributed by atoms with Gasteiger partial charge < -0.3 is 19.5 Å². The predicted octanol–water partition coefficient (Wildman–Crippen LogP) is 4.26. The molecule has 5 nitrogen and oxygen atoms in total. The maximum absolute atomic E-state index is 12.4. The van der Waals surface area contributed by atoms with Crippen molar-refractivity contribution in [3.8, 4) is 17.2 Å². The summed E-state index contributed by atoms with van der Waals surface area (Å²) in [5, 5.41) is 2.78. The molecule has 2 aromatic rings. The molecule has 1 N–H and O–H groups in total. The van der Waals surface area contributed by atoms with Crippen LogP contribution in [0.25, 0.3) is 0 Å². The molecule has 2 aromatic carbocycles. The number of nitrogens with one attached hydrogen (secondary N) is 1. The van der Waals surface area contributed by atoms with Crippen LogP contribution in [0.1, 0.15) is 29.8 Å². The van der Waals surface area contributed by atoms with Crippen LogP contribution in [-0.2, 0) is 6.54 Å². The van der Waals surface area contributed by atoms with Gasteiger partial charge in [0.15, 0.2) is 11.5 Å². The fraction of sp³-hybridized carbons (Fsp3) is 0.350. The van der Waals surface area contributed by atoms with Gasteiger partial charge in [0, 0.05) is 12.1 Å². The molecule has 0 fully saturated rings. The first kappa shape index (κ1) is 20.5. The highest BCUT2D eigenvalue weighted by Crippen LogP contribution is 2.29. The zero-order valence-corrected chi connectivity index (χ0v) is 15.5. The Balaban J connectivity index is 2.00. The molecular weight excluding hydrogens is 356 g/mol. The van der Waals surface area contributed by atoms with Crippen LogP contribution >= 0.6 is 0 Å². The van der Waals surface area contributed by atoms with Crippen LogP contribution in [0.4, 0.5) is 8.78 Å². The van der Waals surface area contributed by atoms with Crippen molar-refractivity contribution in [2.75, 3.05) is 13.7 Å². The fourth-order valence-electron chi connectivity index (χ4n) is 2.29. The van der Waals surface area contributed by atoms with E-state index in [2.05, 4.69) is 10.1 Å². The smallest absolute Gasteiger partial charge is 0.387 e. The van der Waals surface area contributed by atoms with E-state index in [0.29, 0.717) is 29.4 Å². The van der Waals surface area contributed by atoms with Crippen LogP contribution in [0.3, 0.4) is 0 Å². The standard InChI is InChI=1S/C20H23F2NO4/c1-13(2)12-26-16-6-4-5-15(10-16)19(24)23-11-14-7-8-17(27-20(21)22)18(9-14)25-3/h4-10,13,20H,11-12H2,1-3H3,(H,23,24). The minimum absolute atomic E-state index is 0.0578. The summed E-state index contributed by atoms with van der Waals surface area (Å²) in [6.45, 7) is 1.93. The molecule has 0 unspecified atom stereocenters. The highest BCUT2D eigenvalue weighted by molar-refractivity contribution is 5.94. The number of benzene rings is 2. The number of carbonyl (C=O) groups is 1. The summed E-state index contributed by atoms with van der Waals surface area (Å²) < 4.78 is 39.8. The van der Waals surface area contributed by atoms with Gasteiger partial charge in [-0.1, -0.05) is 26.0 Å². The fourth-order valence-corrected chi connectivity index (χ4v) is 2.29. The van der Waals surface area contributed by atoms with E-state index in [0.717, 1.165) is 0 Å². The second-order valence-electron chi connectivity index (χ2n) is 6.28. The Hall–Kier alpha value is -2.83.